The zero-order valence-electron chi connectivity index (χ0n) is 24.9. The molecule has 1 aliphatic rings. The molecule has 0 spiro atoms. The van der Waals surface area contributed by atoms with Gasteiger partial charge < -0.3 is 25.2 Å². The van der Waals surface area contributed by atoms with Crippen molar-refractivity contribution < 1.29 is 24.2 Å². The molecule has 3 atom stereocenters. The van der Waals surface area contributed by atoms with Crippen LogP contribution >= 0.6 is 23.1 Å². The molecule has 0 radical (unpaired) electrons. The third kappa shape index (κ3) is 9.36. The fourth-order valence-electron chi connectivity index (χ4n) is 5.03. The van der Waals surface area contributed by atoms with Gasteiger partial charge in [0.15, 0.2) is 10.6 Å². The summed E-state index contributed by atoms with van der Waals surface area (Å²) in [6, 6.07) is 24.1. The van der Waals surface area contributed by atoms with Crippen LogP contribution in [0.3, 0.4) is 0 Å². The fourth-order valence-corrected chi connectivity index (χ4v) is 7.15. The molecule has 3 aromatic carbocycles. The normalized spacial score (nSPS) is 18.3. The first kappa shape index (κ1) is 32.1. The number of para-hydroxylation sites is 1. The Balaban J connectivity index is 1.17. The second kappa shape index (κ2) is 16.2. The van der Waals surface area contributed by atoms with Gasteiger partial charge in [-0.15, -0.1) is 11.3 Å². The van der Waals surface area contributed by atoms with Gasteiger partial charge in [-0.25, -0.2) is 4.98 Å². The number of aliphatic hydroxyl groups excluding tert-OH is 1. The molecule has 5 rings (SSSR count). The van der Waals surface area contributed by atoms with Crippen LogP contribution in [0.5, 0.6) is 0 Å². The first-order valence-corrected chi connectivity index (χ1v) is 16.9. The zero-order chi connectivity index (χ0) is 30.7. The third-order valence-electron chi connectivity index (χ3n) is 7.48. The van der Waals surface area contributed by atoms with Crippen molar-refractivity contribution in [2.75, 3.05) is 12.3 Å². The number of nitrogens with zero attached hydrogens (tertiary/aromatic N) is 1. The van der Waals surface area contributed by atoms with E-state index in [0.29, 0.717) is 25.9 Å². The number of aromatic nitrogens is 1. The summed E-state index contributed by atoms with van der Waals surface area (Å²) in [5.74, 6) is 0.752. The van der Waals surface area contributed by atoms with Crippen molar-refractivity contribution in [2.24, 2.45) is 0 Å². The molecule has 1 fully saturated rings. The van der Waals surface area contributed by atoms with Crippen LogP contribution in [0.1, 0.15) is 73.7 Å². The molecule has 0 unspecified atom stereocenters. The number of hydrogen-bond acceptors (Lipinski definition) is 8. The van der Waals surface area contributed by atoms with E-state index in [4.69, 9.17) is 14.5 Å². The molecule has 2 heterocycles. The first-order chi connectivity index (χ1) is 21.5. The van der Waals surface area contributed by atoms with Crippen LogP contribution in [0.15, 0.2) is 77.1 Å². The van der Waals surface area contributed by atoms with Crippen LogP contribution < -0.4 is 10.6 Å². The Morgan fingerprint density at radius 1 is 0.932 bits per heavy atom. The van der Waals surface area contributed by atoms with Gasteiger partial charge in [-0.1, -0.05) is 78.8 Å². The number of rotatable bonds is 14. The summed E-state index contributed by atoms with van der Waals surface area (Å²) in [7, 11) is 0. The predicted molar refractivity (Wildman–Crippen MR) is 174 cm³/mol. The summed E-state index contributed by atoms with van der Waals surface area (Å²) in [6.45, 7) is 2.62. The number of fused-ring (bicyclic) bond motifs is 1. The van der Waals surface area contributed by atoms with Gasteiger partial charge in [0.05, 0.1) is 29.0 Å². The Labute approximate surface area is 266 Å². The highest BCUT2D eigenvalue weighted by Crippen LogP contribution is 2.40. The van der Waals surface area contributed by atoms with Gasteiger partial charge in [0.1, 0.15) is 0 Å². The number of carbonyl (C=O) groups excluding carboxylic acids is 2. The second-order valence-electron chi connectivity index (χ2n) is 10.9. The van der Waals surface area contributed by atoms with E-state index in [0.717, 1.165) is 57.1 Å². The van der Waals surface area contributed by atoms with E-state index in [1.54, 1.807) is 23.1 Å². The van der Waals surface area contributed by atoms with E-state index >= 15 is 0 Å². The number of unbranched alkanes of at least 4 members (excludes halogenated alkanes) is 2. The Morgan fingerprint density at radius 2 is 1.68 bits per heavy atom. The number of amides is 2. The summed E-state index contributed by atoms with van der Waals surface area (Å²) in [5, 5.41) is 15.3. The standard InChI is InChI=1S/C34H39N3O5S2/c1-23(39)35-18-6-2-3-9-32(40)36-20-24-10-16-27(17-11-24)33-41-28(19-30(42-33)26-14-12-25(21-38)13-15-26)22-43-34-37-29-7-4-5-8-31(29)44-34/h4-5,7-8,10-17,28,30,33,38H,2-3,6,9,18-22H2,1H3,(H,35,39)(H,36,40)/t28-,30+,33+/m1/s1. The molecule has 0 bridgehead atoms. The van der Waals surface area contributed by atoms with Crippen molar-refractivity contribution in [3.05, 3.63) is 95.1 Å². The number of benzene rings is 3. The highest BCUT2D eigenvalue weighted by atomic mass is 32.2. The molecule has 1 saturated heterocycles. The van der Waals surface area contributed by atoms with Gasteiger partial charge in [-0.05, 0) is 41.7 Å². The molecule has 0 saturated carbocycles. The largest absolute Gasteiger partial charge is 0.392 e. The van der Waals surface area contributed by atoms with Gasteiger partial charge in [0, 0.05) is 44.2 Å². The Morgan fingerprint density at radius 3 is 2.43 bits per heavy atom. The second-order valence-corrected chi connectivity index (χ2v) is 13.2. The predicted octanol–water partition coefficient (Wildman–Crippen LogP) is 6.44. The highest BCUT2D eigenvalue weighted by molar-refractivity contribution is 8.01. The third-order valence-corrected chi connectivity index (χ3v) is 9.79. The number of thiazole rings is 1. The first-order valence-electron chi connectivity index (χ1n) is 15.1. The van der Waals surface area contributed by atoms with E-state index in [1.807, 2.05) is 66.7 Å². The lowest BCUT2D eigenvalue weighted by molar-refractivity contribution is -0.245. The molecule has 44 heavy (non-hydrogen) atoms. The lowest BCUT2D eigenvalue weighted by atomic mass is 10.0. The summed E-state index contributed by atoms with van der Waals surface area (Å²) in [5.41, 5.74) is 4.86. The monoisotopic (exact) mass is 633 g/mol. The number of nitrogens with one attached hydrogen (secondary N) is 2. The van der Waals surface area contributed by atoms with Crippen molar-refractivity contribution in [3.8, 4) is 0 Å². The average Bonchev–Trinajstić information content (AvgIpc) is 3.48. The maximum absolute atomic E-state index is 12.3. The maximum atomic E-state index is 12.3. The number of ether oxygens (including phenoxy) is 2. The molecule has 4 aromatic rings. The maximum Gasteiger partial charge on any atom is 0.220 e. The van der Waals surface area contributed by atoms with Crippen LogP contribution in [0, 0.1) is 0 Å². The van der Waals surface area contributed by atoms with Crippen LogP contribution in [-0.2, 0) is 32.2 Å². The van der Waals surface area contributed by atoms with E-state index in [2.05, 4.69) is 16.7 Å². The van der Waals surface area contributed by atoms with E-state index in [9.17, 15) is 14.7 Å². The van der Waals surface area contributed by atoms with E-state index < -0.39 is 6.29 Å². The number of aliphatic hydroxyl groups is 1. The van der Waals surface area contributed by atoms with Crippen molar-refractivity contribution in [1.82, 2.24) is 15.6 Å². The van der Waals surface area contributed by atoms with Crippen molar-refractivity contribution in [2.45, 2.75) is 75.0 Å². The number of carbonyl (C=O) groups is 2. The average molecular weight is 634 g/mol. The van der Waals surface area contributed by atoms with Crippen molar-refractivity contribution in [1.29, 1.82) is 0 Å². The van der Waals surface area contributed by atoms with Crippen LogP contribution in [0.25, 0.3) is 10.2 Å². The Hall–Kier alpha value is -3.28. The van der Waals surface area contributed by atoms with Crippen molar-refractivity contribution >= 4 is 45.1 Å². The quantitative estimate of drug-likeness (QED) is 0.108. The SMILES string of the molecule is CC(=O)NCCCCCC(=O)NCc1ccc([C@H]2O[C@@H](CSc3nc4ccccc4s3)C[C@@H](c3ccc(CO)cc3)O2)cc1. The van der Waals surface area contributed by atoms with Gasteiger partial charge in [-0.2, -0.15) is 0 Å². The molecule has 10 heteroatoms. The van der Waals surface area contributed by atoms with Gasteiger partial charge in [0.2, 0.25) is 11.8 Å². The molecule has 3 N–H and O–H groups in total. The molecule has 232 valence electrons. The molecule has 2 amide bonds. The van der Waals surface area contributed by atoms with Gasteiger partial charge in [-0.3, -0.25) is 9.59 Å². The molecular weight excluding hydrogens is 595 g/mol. The van der Waals surface area contributed by atoms with Crippen LogP contribution in [0.2, 0.25) is 0 Å². The highest BCUT2D eigenvalue weighted by Gasteiger charge is 2.32. The summed E-state index contributed by atoms with van der Waals surface area (Å²) < 4.78 is 15.2. The fraction of sp³-hybridized carbons (Fsp3) is 0.382. The van der Waals surface area contributed by atoms with E-state index in [-0.39, 0.29) is 30.6 Å². The lowest BCUT2D eigenvalue weighted by Gasteiger charge is -2.36. The van der Waals surface area contributed by atoms with Gasteiger partial charge in [0.25, 0.3) is 0 Å². The Kier molecular flexibility index (Phi) is 11.8. The minimum atomic E-state index is -0.534. The summed E-state index contributed by atoms with van der Waals surface area (Å²) in [4.78, 5) is 28.0. The molecule has 8 nitrogen and oxygen atoms in total. The zero-order valence-corrected chi connectivity index (χ0v) is 26.5. The van der Waals surface area contributed by atoms with Gasteiger partial charge >= 0.3 is 0 Å². The summed E-state index contributed by atoms with van der Waals surface area (Å²) >= 11 is 3.41. The van der Waals surface area contributed by atoms with Crippen LogP contribution in [0.4, 0.5) is 0 Å². The molecule has 1 aromatic heterocycles. The van der Waals surface area contributed by atoms with Crippen molar-refractivity contribution in [3.63, 3.8) is 0 Å². The smallest absolute Gasteiger partial charge is 0.220 e. The minimum absolute atomic E-state index is 0.00566. The Bertz CT molecular complexity index is 1480. The van der Waals surface area contributed by atoms with E-state index in [1.165, 1.54) is 11.6 Å². The van der Waals surface area contributed by atoms with Crippen LogP contribution in [-0.4, -0.2) is 40.3 Å². The molecule has 0 aliphatic carbocycles. The summed E-state index contributed by atoms with van der Waals surface area (Å²) in [6.07, 6.45) is 3.01. The number of thioether (sulfide) groups is 1. The molecular formula is C34H39N3O5S2. The number of hydrogen-bond donors (Lipinski definition) is 3. The minimum Gasteiger partial charge on any atom is -0.392 e. The lowest BCUT2D eigenvalue weighted by Crippen LogP contribution is -2.31. The molecule has 1 aliphatic heterocycles. The topological polar surface area (TPSA) is 110 Å².